The Morgan fingerprint density at radius 3 is 1.47 bits per heavy atom. The standard InChI is InChI=1S/C28H19ClO/c29-22-14-10-20(11-15-22)25-18-19-26(28-9-5-4-8-27(25)28)21-12-16-24(17-13-21)30-23-6-2-1-3-7-23/h1-19H. The number of hydrogen-bond donors (Lipinski definition) is 0. The first kappa shape index (κ1) is 18.5. The van der Waals surface area contributed by atoms with Crippen molar-refractivity contribution < 1.29 is 4.74 Å². The number of benzene rings is 5. The van der Waals surface area contributed by atoms with Crippen LogP contribution in [0.3, 0.4) is 0 Å². The summed E-state index contributed by atoms with van der Waals surface area (Å²) in [6.45, 7) is 0. The summed E-state index contributed by atoms with van der Waals surface area (Å²) >= 11 is 6.08. The quantitative estimate of drug-likeness (QED) is 0.290. The Kier molecular flexibility index (Phi) is 4.96. The maximum atomic E-state index is 6.08. The second-order valence-electron chi connectivity index (χ2n) is 7.15. The topological polar surface area (TPSA) is 9.23 Å². The maximum absolute atomic E-state index is 6.08. The van der Waals surface area contributed by atoms with Crippen LogP contribution < -0.4 is 4.74 Å². The van der Waals surface area contributed by atoms with E-state index in [0.717, 1.165) is 27.6 Å². The largest absolute Gasteiger partial charge is 0.457 e. The van der Waals surface area contributed by atoms with E-state index in [2.05, 4.69) is 60.7 Å². The molecule has 0 aliphatic rings. The maximum Gasteiger partial charge on any atom is 0.127 e. The van der Waals surface area contributed by atoms with Crippen molar-refractivity contribution in [3.8, 4) is 33.8 Å². The fraction of sp³-hybridized carbons (Fsp3) is 0. The highest BCUT2D eigenvalue weighted by Crippen LogP contribution is 2.36. The van der Waals surface area contributed by atoms with E-state index >= 15 is 0 Å². The summed E-state index contributed by atoms with van der Waals surface area (Å²) in [5, 5.41) is 3.20. The summed E-state index contributed by atoms with van der Waals surface area (Å²) in [5.41, 5.74) is 4.73. The van der Waals surface area contributed by atoms with Crippen molar-refractivity contribution in [3.63, 3.8) is 0 Å². The summed E-state index contributed by atoms with van der Waals surface area (Å²) in [7, 11) is 0. The lowest BCUT2D eigenvalue weighted by Gasteiger charge is -2.13. The molecule has 1 nitrogen and oxygen atoms in total. The molecular formula is C28H19ClO. The first-order valence-electron chi connectivity index (χ1n) is 9.89. The lowest BCUT2D eigenvalue weighted by atomic mass is 9.92. The fourth-order valence-corrected chi connectivity index (χ4v) is 3.89. The molecule has 0 atom stereocenters. The van der Waals surface area contributed by atoms with Crippen LogP contribution >= 0.6 is 11.6 Å². The van der Waals surface area contributed by atoms with Crippen LogP contribution in [0.15, 0.2) is 115 Å². The van der Waals surface area contributed by atoms with Crippen LogP contribution in [-0.2, 0) is 0 Å². The van der Waals surface area contributed by atoms with Gasteiger partial charge in [0.15, 0.2) is 0 Å². The smallest absolute Gasteiger partial charge is 0.127 e. The van der Waals surface area contributed by atoms with Crippen LogP contribution in [0.2, 0.25) is 5.02 Å². The first-order chi connectivity index (χ1) is 14.8. The molecular weight excluding hydrogens is 388 g/mol. The predicted molar refractivity (Wildman–Crippen MR) is 126 cm³/mol. The lowest BCUT2D eigenvalue weighted by Crippen LogP contribution is -1.87. The van der Waals surface area contributed by atoms with Crippen molar-refractivity contribution in [1.82, 2.24) is 0 Å². The van der Waals surface area contributed by atoms with Crippen molar-refractivity contribution >= 4 is 22.4 Å². The van der Waals surface area contributed by atoms with E-state index in [1.54, 1.807) is 0 Å². The zero-order valence-corrected chi connectivity index (χ0v) is 17.0. The van der Waals surface area contributed by atoms with Gasteiger partial charge in [-0.25, -0.2) is 0 Å². The zero-order chi connectivity index (χ0) is 20.3. The third-order valence-electron chi connectivity index (χ3n) is 5.22. The number of hydrogen-bond acceptors (Lipinski definition) is 1. The highest BCUT2D eigenvalue weighted by molar-refractivity contribution is 6.30. The Bertz CT molecular complexity index is 1290. The predicted octanol–water partition coefficient (Wildman–Crippen LogP) is 8.62. The van der Waals surface area contributed by atoms with Crippen LogP contribution in [-0.4, -0.2) is 0 Å². The third-order valence-corrected chi connectivity index (χ3v) is 5.48. The number of ether oxygens (including phenoxy) is 1. The molecule has 5 rings (SSSR count). The summed E-state index contributed by atoms with van der Waals surface area (Å²) in [6.07, 6.45) is 0. The molecule has 5 aromatic rings. The number of rotatable bonds is 4. The Balaban J connectivity index is 1.53. The normalized spacial score (nSPS) is 10.8. The fourth-order valence-electron chi connectivity index (χ4n) is 3.76. The van der Waals surface area contributed by atoms with Gasteiger partial charge in [0.1, 0.15) is 11.5 Å². The zero-order valence-electron chi connectivity index (χ0n) is 16.3. The minimum atomic E-state index is 0.748. The molecule has 5 aromatic carbocycles. The van der Waals surface area contributed by atoms with Gasteiger partial charge in [-0.2, -0.15) is 0 Å². The number of para-hydroxylation sites is 1. The molecule has 0 aromatic heterocycles. The van der Waals surface area contributed by atoms with E-state index in [1.165, 1.54) is 21.9 Å². The summed E-state index contributed by atoms with van der Waals surface area (Å²) in [6, 6.07) is 39.0. The van der Waals surface area contributed by atoms with Crippen molar-refractivity contribution in [1.29, 1.82) is 0 Å². The molecule has 30 heavy (non-hydrogen) atoms. The summed E-state index contributed by atoms with van der Waals surface area (Å²) in [5.74, 6) is 1.66. The van der Waals surface area contributed by atoms with E-state index < -0.39 is 0 Å². The van der Waals surface area contributed by atoms with Crippen molar-refractivity contribution in [3.05, 3.63) is 120 Å². The third kappa shape index (κ3) is 3.68. The van der Waals surface area contributed by atoms with Gasteiger partial charge >= 0.3 is 0 Å². The molecule has 0 aliphatic heterocycles. The monoisotopic (exact) mass is 406 g/mol. The van der Waals surface area contributed by atoms with Crippen LogP contribution in [0, 0.1) is 0 Å². The van der Waals surface area contributed by atoms with Gasteiger partial charge in [0.2, 0.25) is 0 Å². The van der Waals surface area contributed by atoms with E-state index in [0.29, 0.717) is 0 Å². The molecule has 0 amide bonds. The molecule has 144 valence electrons. The molecule has 0 radical (unpaired) electrons. The molecule has 0 unspecified atom stereocenters. The molecule has 0 N–H and O–H groups in total. The highest BCUT2D eigenvalue weighted by Gasteiger charge is 2.09. The van der Waals surface area contributed by atoms with Crippen LogP contribution in [0.25, 0.3) is 33.0 Å². The minimum Gasteiger partial charge on any atom is -0.457 e. The van der Waals surface area contributed by atoms with Gasteiger partial charge in [-0.15, -0.1) is 0 Å². The average Bonchev–Trinajstić information content (AvgIpc) is 2.80. The number of fused-ring (bicyclic) bond motifs is 1. The average molecular weight is 407 g/mol. The van der Waals surface area contributed by atoms with Crippen molar-refractivity contribution in [2.45, 2.75) is 0 Å². The lowest BCUT2D eigenvalue weighted by molar-refractivity contribution is 0.483. The SMILES string of the molecule is Clc1ccc(-c2ccc(-c3ccc(Oc4ccccc4)cc3)c3ccccc23)cc1. The van der Waals surface area contributed by atoms with Crippen molar-refractivity contribution in [2.24, 2.45) is 0 Å². The molecule has 0 aliphatic carbocycles. The van der Waals surface area contributed by atoms with Crippen LogP contribution in [0.4, 0.5) is 0 Å². The Morgan fingerprint density at radius 1 is 0.433 bits per heavy atom. The van der Waals surface area contributed by atoms with Crippen LogP contribution in [0.5, 0.6) is 11.5 Å². The summed E-state index contributed by atoms with van der Waals surface area (Å²) < 4.78 is 5.93. The second kappa shape index (κ2) is 8.06. The molecule has 0 fully saturated rings. The second-order valence-corrected chi connectivity index (χ2v) is 7.59. The molecule has 0 spiro atoms. The van der Waals surface area contributed by atoms with E-state index in [9.17, 15) is 0 Å². The van der Waals surface area contributed by atoms with Crippen LogP contribution in [0.1, 0.15) is 0 Å². The van der Waals surface area contributed by atoms with E-state index in [-0.39, 0.29) is 0 Å². The molecule has 0 saturated carbocycles. The summed E-state index contributed by atoms with van der Waals surface area (Å²) in [4.78, 5) is 0. The first-order valence-corrected chi connectivity index (χ1v) is 10.3. The Labute approximate surface area is 181 Å². The molecule has 0 heterocycles. The van der Waals surface area contributed by atoms with Gasteiger partial charge in [0, 0.05) is 5.02 Å². The van der Waals surface area contributed by atoms with Gasteiger partial charge in [-0.3, -0.25) is 0 Å². The van der Waals surface area contributed by atoms with Gasteiger partial charge in [0.25, 0.3) is 0 Å². The van der Waals surface area contributed by atoms with Gasteiger partial charge < -0.3 is 4.74 Å². The molecule has 0 bridgehead atoms. The van der Waals surface area contributed by atoms with Gasteiger partial charge in [0.05, 0.1) is 0 Å². The minimum absolute atomic E-state index is 0.748. The highest BCUT2D eigenvalue weighted by atomic mass is 35.5. The van der Waals surface area contributed by atoms with Gasteiger partial charge in [-0.05, 0) is 69.4 Å². The van der Waals surface area contributed by atoms with Gasteiger partial charge in [-0.1, -0.05) is 90.5 Å². The Hall–Kier alpha value is -3.55. The number of halogens is 1. The van der Waals surface area contributed by atoms with E-state index in [1.807, 2.05) is 54.6 Å². The van der Waals surface area contributed by atoms with E-state index in [4.69, 9.17) is 16.3 Å². The molecule has 0 saturated heterocycles. The van der Waals surface area contributed by atoms with Crippen molar-refractivity contribution in [2.75, 3.05) is 0 Å². The Morgan fingerprint density at radius 2 is 0.900 bits per heavy atom. The molecule has 2 heteroatoms.